The smallest absolute Gasteiger partial charge is 0.214 e. The zero-order valence-electron chi connectivity index (χ0n) is 22.7. The summed E-state index contributed by atoms with van der Waals surface area (Å²) in [4.78, 5) is 0. The van der Waals surface area contributed by atoms with Gasteiger partial charge in [0.25, 0.3) is 0 Å². The summed E-state index contributed by atoms with van der Waals surface area (Å²) in [5, 5.41) is 0. The summed E-state index contributed by atoms with van der Waals surface area (Å²) in [6, 6.07) is 9.36. The van der Waals surface area contributed by atoms with Crippen LogP contribution in [0.15, 0.2) is 33.5 Å². The van der Waals surface area contributed by atoms with Gasteiger partial charge in [-0.2, -0.15) is 4.52 Å². The van der Waals surface area contributed by atoms with Gasteiger partial charge in [-0.1, -0.05) is 45.0 Å². The quantitative estimate of drug-likeness (QED) is 0.418. The molecule has 1 aliphatic rings. The standard InChI is InChI=1S/C23H47N7P2/c1-14-30-22(21-17-15-20(16-18-21)19(2)3)23(4,5)24-31(30,26(6)7)25-32(27(8)9,28(10)11)29(12)13/h15-19,22H,14H2,1-13H3. The van der Waals surface area contributed by atoms with Gasteiger partial charge in [0, 0.05) is 6.54 Å². The zero-order chi connectivity index (χ0) is 24.6. The summed E-state index contributed by atoms with van der Waals surface area (Å²) in [5.74, 6) is 0.529. The van der Waals surface area contributed by atoms with E-state index in [-0.39, 0.29) is 11.6 Å². The number of rotatable bonds is 8. The molecule has 0 saturated carbocycles. The lowest BCUT2D eigenvalue weighted by Gasteiger charge is -2.45. The lowest BCUT2D eigenvalue weighted by atomic mass is 9.88. The Bertz CT molecular complexity index is 858. The van der Waals surface area contributed by atoms with Crippen LogP contribution in [0.2, 0.25) is 0 Å². The summed E-state index contributed by atoms with van der Waals surface area (Å²) in [5.41, 5.74) is 2.45. The Hall–Kier alpha value is -0.520. The van der Waals surface area contributed by atoms with Crippen molar-refractivity contribution in [1.29, 1.82) is 0 Å². The molecule has 0 saturated heterocycles. The van der Waals surface area contributed by atoms with Crippen molar-refractivity contribution in [2.24, 2.45) is 9.26 Å². The van der Waals surface area contributed by atoms with Gasteiger partial charge in [0.15, 0.2) is 7.51 Å². The van der Waals surface area contributed by atoms with Crippen molar-refractivity contribution in [2.45, 2.75) is 52.1 Å². The topological polar surface area (TPSA) is 40.9 Å². The molecule has 1 heterocycles. The lowest BCUT2D eigenvalue weighted by Crippen LogP contribution is -2.35. The Balaban J connectivity index is 2.83. The van der Waals surface area contributed by atoms with Crippen molar-refractivity contribution >= 4 is 15.0 Å². The molecular weight excluding hydrogens is 436 g/mol. The van der Waals surface area contributed by atoms with Crippen LogP contribution in [0.3, 0.4) is 0 Å². The average molecular weight is 484 g/mol. The van der Waals surface area contributed by atoms with Gasteiger partial charge in [-0.25, -0.2) is 14.1 Å². The predicted octanol–water partition coefficient (Wildman–Crippen LogP) is 6.10. The molecule has 0 bridgehead atoms. The van der Waals surface area contributed by atoms with E-state index in [0.29, 0.717) is 5.92 Å². The monoisotopic (exact) mass is 483 g/mol. The van der Waals surface area contributed by atoms with E-state index in [1.54, 1.807) is 0 Å². The van der Waals surface area contributed by atoms with Gasteiger partial charge in [-0.3, -0.25) is 14.0 Å². The Morgan fingerprint density at radius 2 is 1.44 bits per heavy atom. The van der Waals surface area contributed by atoms with Crippen LogP contribution in [-0.2, 0) is 0 Å². The highest BCUT2D eigenvalue weighted by Gasteiger charge is 2.51. The molecule has 0 fully saturated rings. The van der Waals surface area contributed by atoms with Gasteiger partial charge in [-0.05, 0) is 87.3 Å². The maximum Gasteiger partial charge on any atom is 0.214 e. The van der Waals surface area contributed by atoms with E-state index in [9.17, 15) is 0 Å². The first-order valence-corrected chi connectivity index (χ1v) is 14.7. The van der Waals surface area contributed by atoms with Gasteiger partial charge in [-0.15, -0.1) is 0 Å². The predicted molar refractivity (Wildman–Crippen MR) is 143 cm³/mol. The molecule has 0 spiro atoms. The number of benzene rings is 1. The Morgan fingerprint density at radius 1 is 0.969 bits per heavy atom. The van der Waals surface area contributed by atoms with Crippen LogP contribution in [0, 0.1) is 0 Å². The van der Waals surface area contributed by atoms with E-state index in [2.05, 4.69) is 139 Å². The Labute approximate surface area is 198 Å². The molecule has 184 valence electrons. The number of nitrogens with zero attached hydrogens (tertiary/aromatic N) is 7. The molecule has 0 radical (unpaired) electrons. The summed E-state index contributed by atoms with van der Waals surface area (Å²) in [6.07, 6.45) is 0. The van der Waals surface area contributed by atoms with Crippen molar-refractivity contribution in [3.8, 4) is 0 Å². The Kier molecular flexibility index (Phi) is 8.66. The van der Waals surface area contributed by atoms with Crippen molar-refractivity contribution in [3.05, 3.63) is 35.4 Å². The summed E-state index contributed by atoms with van der Waals surface area (Å²) < 4.78 is 23.1. The van der Waals surface area contributed by atoms with Crippen molar-refractivity contribution in [2.75, 3.05) is 62.9 Å². The first-order valence-electron chi connectivity index (χ1n) is 11.5. The highest BCUT2D eigenvalue weighted by Crippen LogP contribution is 2.74. The Morgan fingerprint density at radius 3 is 1.78 bits per heavy atom. The summed E-state index contributed by atoms with van der Waals surface area (Å²) >= 11 is 0. The summed E-state index contributed by atoms with van der Waals surface area (Å²) in [7, 11) is 12.7. The minimum Gasteiger partial charge on any atom is -0.252 e. The molecule has 0 aromatic heterocycles. The van der Waals surface area contributed by atoms with E-state index in [0.717, 1.165) is 6.54 Å². The van der Waals surface area contributed by atoms with Crippen LogP contribution < -0.4 is 0 Å². The molecular formula is C23H47N7P2. The molecule has 2 atom stereocenters. The first-order chi connectivity index (χ1) is 14.7. The van der Waals surface area contributed by atoms with Gasteiger partial charge in [0.1, 0.15) is 0 Å². The molecule has 0 aliphatic carbocycles. The van der Waals surface area contributed by atoms with Gasteiger partial charge in [0.05, 0.1) is 11.6 Å². The molecule has 2 rings (SSSR count). The van der Waals surface area contributed by atoms with Gasteiger partial charge < -0.3 is 0 Å². The van der Waals surface area contributed by atoms with Crippen molar-refractivity contribution in [1.82, 2.24) is 23.4 Å². The maximum atomic E-state index is 5.79. The van der Waals surface area contributed by atoms with Crippen LogP contribution in [0.4, 0.5) is 0 Å². The molecule has 1 aromatic carbocycles. The van der Waals surface area contributed by atoms with E-state index in [1.165, 1.54) is 11.1 Å². The number of hydrogen-bond donors (Lipinski definition) is 0. The molecule has 32 heavy (non-hydrogen) atoms. The van der Waals surface area contributed by atoms with Crippen LogP contribution in [0.25, 0.3) is 0 Å². The third-order valence-corrected chi connectivity index (χ3v) is 14.5. The third-order valence-electron chi connectivity index (χ3n) is 6.33. The molecule has 1 aliphatic heterocycles. The molecule has 0 N–H and O–H groups in total. The fourth-order valence-electron chi connectivity index (χ4n) is 4.94. The number of hydrogen-bond acceptors (Lipinski definition) is 4. The fraction of sp³-hybridized carbons (Fsp3) is 0.739. The van der Waals surface area contributed by atoms with Crippen LogP contribution in [-0.4, -0.2) is 91.8 Å². The van der Waals surface area contributed by atoms with Gasteiger partial charge >= 0.3 is 0 Å². The third kappa shape index (κ3) is 4.68. The zero-order valence-corrected chi connectivity index (χ0v) is 24.5. The maximum absolute atomic E-state index is 5.79. The normalized spacial score (nSPS) is 24.2. The highest BCUT2D eigenvalue weighted by molar-refractivity contribution is 7.71. The second kappa shape index (κ2) is 10.00. The van der Waals surface area contributed by atoms with E-state index >= 15 is 0 Å². The van der Waals surface area contributed by atoms with Crippen LogP contribution >= 0.6 is 15.0 Å². The first kappa shape index (κ1) is 27.7. The second-order valence-corrected chi connectivity index (χ2v) is 17.1. The van der Waals surface area contributed by atoms with Crippen molar-refractivity contribution in [3.63, 3.8) is 0 Å². The van der Waals surface area contributed by atoms with E-state index in [1.807, 2.05) is 0 Å². The highest BCUT2D eigenvalue weighted by atomic mass is 31.2. The second-order valence-electron chi connectivity index (χ2n) is 10.3. The average Bonchev–Trinajstić information content (AvgIpc) is 2.92. The molecule has 9 heteroatoms. The number of likely N-dealkylation sites (N-methyl/N-ethyl adjacent to an activating group) is 1. The van der Waals surface area contributed by atoms with Gasteiger partial charge in [0.2, 0.25) is 7.51 Å². The SMILES string of the molecule is CCN1C(c2ccc(C(C)C)cc2)C(C)(C)N=P1(N=P(N(C)C)(N(C)C)N(C)C)N(C)C. The largest absolute Gasteiger partial charge is 0.252 e. The minimum atomic E-state index is -2.35. The van der Waals surface area contributed by atoms with E-state index in [4.69, 9.17) is 9.26 Å². The minimum absolute atomic E-state index is 0.182. The van der Waals surface area contributed by atoms with Crippen LogP contribution in [0.5, 0.6) is 0 Å². The molecule has 7 nitrogen and oxygen atoms in total. The van der Waals surface area contributed by atoms with E-state index < -0.39 is 15.0 Å². The van der Waals surface area contributed by atoms with Crippen molar-refractivity contribution < 1.29 is 0 Å². The molecule has 0 amide bonds. The van der Waals surface area contributed by atoms with Crippen LogP contribution in [0.1, 0.15) is 57.7 Å². The lowest BCUT2D eigenvalue weighted by molar-refractivity contribution is 0.272. The summed E-state index contributed by atoms with van der Waals surface area (Å²) in [6.45, 7) is 12.2. The molecule has 1 aromatic rings. The fourth-order valence-corrected chi connectivity index (χ4v) is 14.2. The molecule has 2 unspecified atom stereocenters.